The Morgan fingerprint density at radius 2 is 1.69 bits per heavy atom. The molecular formula is C19H16ClN7O5. The summed E-state index contributed by atoms with van der Waals surface area (Å²) < 4.78 is 0. The average Bonchev–Trinajstić information content (AvgIpc) is 2.74. The molecule has 0 bridgehead atoms. The fourth-order valence-corrected chi connectivity index (χ4v) is 2.86. The SMILES string of the molecule is Cc1ccc(Nc2ncnc(NNC(=O)c3ccc(Cl)c([N+](=O)[O-])c3)c2[N+](=O)[O-])cc1C. The van der Waals surface area contributed by atoms with Crippen LogP contribution < -0.4 is 16.2 Å². The molecule has 2 aromatic carbocycles. The number of anilines is 3. The number of aryl methyl sites for hydroxylation is 2. The third-order valence-corrected chi connectivity index (χ3v) is 4.79. The van der Waals surface area contributed by atoms with E-state index in [9.17, 15) is 25.0 Å². The quantitative estimate of drug-likeness (QED) is 0.350. The first-order valence-electron chi connectivity index (χ1n) is 9.01. The molecule has 1 aromatic heterocycles. The molecule has 1 heterocycles. The lowest BCUT2D eigenvalue weighted by Gasteiger charge is -2.12. The van der Waals surface area contributed by atoms with Crippen molar-refractivity contribution in [1.29, 1.82) is 0 Å². The lowest BCUT2D eigenvalue weighted by atomic mass is 10.1. The first-order chi connectivity index (χ1) is 15.2. The average molecular weight is 458 g/mol. The Morgan fingerprint density at radius 3 is 2.34 bits per heavy atom. The van der Waals surface area contributed by atoms with Crippen molar-refractivity contribution >= 4 is 46.2 Å². The Balaban J connectivity index is 1.84. The van der Waals surface area contributed by atoms with Crippen LogP contribution >= 0.6 is 11.6 Å². The van der Waals surface area contributed by atoms with Crippen molar-refractivity contribution in [2.45, 2.75) is 13.8 Å². The highest BCUT2D eigenvalue weighted by atomic mass is 35.5. The van der Waals surface area contributed by atoms with E-state index in [1.807, 2.05) is 26.0 Å². The molecule has 0 aliphatic carbocycles. The fraction of sp³-hybridized carbons (Fsp3) is 0.105. The number of nitrogens with one attached hydrogen (secondary N) is 3. The molecule has 3 aromatic rings. The maximum atomic E-state index is 12.4. The van der Waals surface area contributed by atoms with Crippen LogP contribution in [0.1, 0.15) is 21.5 Å². The Hall–Kier alpha value is -4.32. The Labute approximate surface area is 185 Å². The summed E-state index contributed by atoms with van der Waals surface area (Å²) in [6, 6.07) is 8.87. The largest absolute Gasteiger partial charge is 0.355 e. The molecule has 32 heavy (non-hydrogen) atoms. The molecule has 0 radical (unpaired) electrons. The minimum atomic E-state index is -0.790. The van der Waals surface area contributed by atoms with Gasteiger partial charge < -0.3 is 5.32 Å². The van der Waals surface area contributed by atoms with E-state index >= 15 is 0 Å². The number of nitrogens with zero attached hydrogens (tertiary/aromatic N) is 4. The summed E-state index contributed by atoms with van der Waals surface area (Å²) in [6.07, 6.45) is 1.08. The lowest BCUT2D eigenvalue weighted by Crippen LogP contribution is -2.30. The van der Waals surface area contributed by atoms with E-state index in [0.717, 1.165) is 23.5 Å². The summed E-state index contributed by atoms with van der Waals surface area (Å²) >= 11 is 5.74. The number of benzene rings is 2. The minimum absolute atomic E-state index is 0.0845. The van der Waals surface area contributed by atoms with Gasteiger partial charge in [-0.05, 0) is 49.2 Å². The van der Waals surface area contributed by atoms with Gasteiger partial charge in [0.15, 0.2) is 0 Å². The maximum absolute atomic E-state index is 12.4. The van der Waals surface area contributed by atoms with Gasteiger partial charge in [-0.15, -0.1) is 0 Å². The minimum Gasteiger partial charge on any atom is -0.334 e. The van der Waals surface area contributed by atoms with E-state index in [4.69, 9.17) is 11.6 Å². The van der Waals surface area contributed by atoms with Crippen LogP contribution in [0.2, 0.25) is 5.02 Å². The van der Waals surface area contributed by atoms with Gasteiger partial charge in [-0.25, -0.2) is 9.97 Å². The third kappa shape index (κ3) is 4.87. The highest BCUT2D eigenvalue weighted by Gasteiger charge is 2.24. The van der Waals surface area contributed by atoms with E-state index in [2.05, 4.69) is 26.1 Å². The smallest absolute Gasteiger partial charge is 0.334 e. The van der Waals surface area contributed by atoms with Crippen molar-refractivity contribution in [2.24, 2.45) is 0 Å². The van der Waals surface area contributed by atoms with Crippen LogP contribution in [0.15, 0.2) is 42.7 Å². The normalized spacial score (nSPS) is 10.3. The molecule has 0 saturated carbocycles. The predicted molar refractivity (Wildman–Crippen MR) is 117 cm³/mol. The van der Waals surface area contributed by atoms with Gasteiger partial charge in [-0.3, -0.25) is 35.9 Å². The first kappa shape index (κ1) is 22.4. The van der Waals surface area contributed by atoms with Gasteiger partial charge in [0.1, 0.15) is 11.3 Å². The summed E-state index contributed by atoms with van der Waals surface area (Å²) in [5.41, 5.74) is 6.17. The lowest BCUT2D eigenvalue weighted by molar-refractivity contribution is -0.384. The van der Waals surface area contributed by atoms with Crippen molar-refractivity contribution in [2.75, 3.05) is 10.7 Å². The van der Waals surface area contributed by atoms with Gasteiger partial charge >= 0.3 is 5.69 Å². The molecule has 0 aliphatic heterocycles. The number of amides is 1. The van der Waals surface area contributed by atoms with Crippen LogP contribution in [0.25, 0.3) is 0 Å². The van der Waals surface area contributed by atoms with Crippen LogP contribution in [0.4, 0.5) is 28.7 Å². The molecule has 0 saturated heterocycles. The van der Waals surface area contributed by atoms with Gasteiger partial charge in [-0.2, -0.15) is 0 Å². The van der Waals surface area contributed by atoms with Crippen molar-refractivity contribution < 1.29 is 14.6 Å². The second-order valence-electron chi connectivity index (χ2n) is 6.60. The molecular weight excluding hydrogens is 442 g/mol. The zero-order valence-corrected chi connectivity index (χ0v) is 17.5. The molecule has 0 fully saturated rings. The van der Waals surface area contributed by atoms with Crippen LogP contribution in [0.5, 0.6) is 0 Å². The van der Waals surface area contributed by atoms with E-state index in [1.54, 1.807) is 6.07 Å². The number of rotatable bonds is 7. The van der Waals surface area contributed by atoms with Crippen molar-refractivity contribution in [3.63, 3.8) is 0 Å². The van der Waals surface area contributed by atoms with Gasteiger partial charge in [-0.1, -0.05) is 17.7 Å². The zero-order chi connectivity index (χ0) is 23.4. The van der Waals surface area contributed by atoms with E-state index in [0.29, 0.717) is 5.69 Å². The van der Waals surface area contributed by atoms with Crippen LogP contribution in [-0.2, 0) is 0 Å². The molecule has 3 rings (SSSR count). The van der Waals surface area contributed by atoms with Gasteiger partial charge in [0.2, 0.25) is 11.6 Å². The summed E-state index contributed by atoms with van der Waals surface area (Å²) in [7, 11) is 0. The van der Waals surface area contributed by atoms with Gasteiger partial charge in [0.05, 0.1) is 9.85 Å². The molecule has 0 spiro atoms. The summed E-state index contributed by atoms with van der Waals surface area (Å²) in [5.74, 6) is -1.17. The molecule has 3 N–H and O–H groups in total. The van der Waals surface area contributed by atoms with Crippen LogP contribution in [-0.4, -0.2) is 25.7 Å². The first-order valence-corrected chi connectivity index (χ1v) is 9.39. The number of hydrogen-bond donors (Lipinski definition) is 3. The maximum Gasteiger partial charge on any atom is 0.355 e. The second-order valence-corrected chi connectivity index (χ2v) is 7.01. The highest BCUT2D eigenvalue weighted by molar-refractivity contribution is 6.32. The molecule has 0 atom stereocenters. The molecule has 0 aliphatic rings. The van der Waals surface area contributed by atoms with Crippen molar-refractivity contribution in [3.05, 3.63) is 84.7 Å². The fourth-order valence-electron chi connectivity index (χ4n) is 2.67. The third-order valence-electron chi connectivity index (χ3n) is 4.47. The summed E-state index contributed by atoms with van der Waals surface area (Å²) in [5, 5.41) is 25.4. The van der Waals surface area contributed by atoms with E-state index in [-0.39, 0.29) is 22.2 Å². The number of halogens is 1. The van der Waals surface area contributed by atoms with Crippen LogP contribution in [0.3, 0.4) is 0 Å². The molecule has 0 unspecified atom stereocenters. The standard InChI is InChI=1S/C19H16ClN7O5/c1-10-3-5-13(7-11(10)2)23-17-16(27(31)32)18(22-9-21-17)24-25-19(28)12-4-6-14(20)15(8-12)26(29)30/h3-9H,1-2H3,(H,25,28)(H2,21,22,23,24). The van der Waals surface area contributed by atoms with Gasteiger partial charge in [0, 0.05) is 17.3 Å². The number of hydrazine groups is 1. The van der Waals surface area contributed by atoms with Crippen molar-refractivity contribution in [1.82, 2.24) is 15.4 Å². The number of aromatic nitrogens is 2. The molecule has 164 valence electrons. The monoisotopic (exact) mass is 457 g/mol. The zero-order valence-electron chi connectivity index (χ0n) is 16.7. The number of nitro benzene ring substituents is 1. The Kier molecular flexibility index (Phi) is 6.45. The number of carbonyl (C=O) groups excluding carboxylic acids is 1. The Morgan fingerprint density at radius 1 is 0.969 bits per heavy atom. The van der Waals surface area contributed by atoms with Crippen molar-refractivity contribution in [3.8, 4) is 0 Å². The molecule has 1 amide bonds. The molecule has 13 heteroatoms. The highest BCUT2D eigenvalue weighted by Crippen LogP contribution is 2.31. The summed E-state index contributed by atoms with van der Waals surface area (Å²) in [4.78, 5) is 41.3. The molecule has 12 nitrogen and oxygen atoms in total. The second kappa shape index (κ2) is 9.22. The van der Waals surface area contributed by atoms with Crippen LogP contribution in [0, 0.1) is 34.1 Å². The number of carbonyl (C=O) groups is 1. The Bertz CT molecular complexity index is 1230. The number of hydrogen-bond acceptors (Lipinski definition) is 9. The topological polar surface area (TPSA) is 165 Å². The van der Waals surface area contributed by atoms with E-state index in [1.165, 1.54) is 12.1 Å². The summed E-state index contributed by atoms with van der Waals surface area (Å²) in [6.45, 7) is 3.84. The van der Waals surface area contributed by atoms with Gasteiger partial charge in [0.25, 0.3) is 11.6 Å². The number of nitro groups is 2. The van der Waals surface area contributed by atoms with E-state index < -0.39 is 27.1 Å². The predicted octanol–water partition coefficient (Wildman–Crippen LogP) is 4.06.